The van der Waals surface area contributed by atoms with Gasteiger partial charge in [0.1, 0.15) is 0 Å². The van der Waals surface area contributed by atoms with Gasteiger partial charge in [0.05, 0.1) is 6.26 Å². The summed E-state index contributed by atoms with van der Waals surface area (Å²) in [5.74, 6) is 2.37. The van der Waals surface area contributed by atoms with Crippen LogP contribution in [-0.2, 0) is 12.3 Å². The summed E-state index contributed by atoms with van der Waals surface area (Å²) in [5, 5.41) is 9.44. The lowest BCUT2D eigenvalue weighted by Gasteiger charge is -2.06. The molecule has 21 heavy (non-hydrogen) atoms. The zero-order valence-corrected chi connectivity index (χ0v) is 13.9. The van der Waals surface area contributed by atoms with Gasteiger partial charge in [-0.15, -0.1) is 10.2 Å². The molecule has 4 nitrogen and oxygen atoms in total. The standard InChI is InChI=1S/C15H14BrN3OS/c1-2-19-14(13-8-5-9-20-13)17-18-15(19)21-10-11-6-3-4-7-12(11)16/h3-9H,2,10H2,1H3. The van der Waals surface area contributed by atoms with Crippen LogP contribution >= 0.6 is 27.7 Å². The summed E-state index contributed by atoms with van der Waals surface area (Å²) in [6.45, 7) is 2.89. The highest BCUT2D eigenvalue weighted by Gasteiger charge is 2.15. The summed E-state index contributed by atoms with van der Waals surface area (Å²) in [5.41, 5.74) is 1.24. The molecule has 0 fully saturated rings. The van der Waals surface area contributed by atoms with E-state index in [0.717, 1.165) is 33.5 Å². The SMILES string of the molecule is CCn1c(SCc2ccccc2Br)nnc1-c1ccco1. The van der Waals surface area contributed by atoms with E-state index in [9.17, 15) is 0 Å². The van der Waals surface area contributed by atoms with Crippen LogP contribution < -0.4 is 0 Å². The van der Waals surface area contributed by atoms with E-state index in [1.807, 2.05) is 24.3 Å². The normalized spacial score (nSPS) is 11.0. The fraction of sp³-hybridized carbons (Fsp3) is 0.200. The third kappa shape index (κ3) is 3.06. The molecule has 0 radical (unpaired) electrons. The first-order valence-corrected chi connectivity index (χ1v) is 8.40. The lowest BCUT2D eigenvalue weighted by Crippen LogP contribution is -1.99. The Kier molecular flexibility index (Phi) is 4.45. The van der Waals surface area contributed by atoms with Crippen LogP contribution in [0.4, 0.5) is 0 Å². The number of hydrogen-bond acceptors (Lipinski definition) is 4. The molecule has 0 spiro atoms. The van der Waals surface area contributed by atoms with E-state index in [4.69, 9.17) is 4.42 Å². The molecular weight excluding hydrogens is 350 g/mol. The van der Waals surface area contributed by atoms with Crippen LogP contribution in [0.5, 0.6) is 0 Å². The minimum absolute atomic E-state index is 0.747. The molecule has 0 unspecified atom stereocenters. The van der Waals surface area contributed by atoms with Crippen LogP contribution in [0.15, 0.2) is 56.7 Å². The summed E-state index contributed by atoms with van der Waals surface area (Å²) >= 11 is 5.25. The fourth-order valence-corrected chi connectivity index (χ4v) is 3.64. The zero-order valence-electron chi connectivity index (χ0n) is 11.5. The molecule has 0 atom stereocenters. The molecule has 0 aliphatic carbocycles. The molecule has 2 heterocycles. The first-order valence-electron chi connectivity index (χ1n) is 6.63. The molecule has 0 saturated carbocycles. The second kappa shape index (κ2) is 6.49. The zero-order chi connectivity index (χ0) is 14.7. The van der Waals surface area contributed by atoms with Gasteiger partial charge >= 0.3 is 0 Å². The fourth-order valence-electron chi connectivity index (χ4n) is 2.03. The summed E-state index contributed by atoms with van der Waals surface area (Å²) in [6.07, 6.45) is 1.65. The molecule has 3 rings (SSSR count). The number of hydrogen-bond donors (Lipinski definition) is 0. The number of halogens is 1. The van der Waals surface area contributed by atoms with Crippen molar-refractivity contribution in [2.24, 2.45) is 0 Å². The Morgan fingerprint density at radius 3 is 2.76 bits per heavy atom. The third-order valence-corrected chi connectivity index (χ3v) is 4.88. The van der Waals surface area contributed by atoms with Gasteiger partial charge < -0.3 is 4.42 Å². The van der Waals surface area contributed by atoms with Crippen LogP contribution in [-0.4, -0.2) is 14.8 Å². The molecule has 0 amide bonds. The van der Waals surface area contributed by atoms with E-state index in [0.29, 0.717) is 0 Å². The summed E-state index contributed by atoms with van der Waals surface area (Å²) in [4.78, 5) is 0. The molecule has 3 aromatic rings. The predicted octanol–water partition coefficient (Wildman–Crippen LogP) is 4.61. The largest absolute Gasteiger partial charge is 0.461 e. The lowest BCUT2D eigenvalue weighted by molar-refractivity contribution is 0.567. The molecule has 0 saturated heterocycles. The van der Waals surface area contributed by atoms with Crippen LogP contribution in [0.3, 0.4) is 0 Å². The maximum absolute atomic E-state index is 5.42. The van der Waals surface area contributed by atoms with Gasteiger partial charge in [-0.3, -0.25) is 4.57 Å². The van der Waals surface area contributed by atoms with E-state index in [1.165, 1.54) is 5.56 Å². The van der Waals surface area contributed by atoms with Crippen LogP contribution in [0, 0.1) is 0 Å². The van der Waals surface area contributed by atoms with Crippen molar-refractivity contribution in [1.82, 2.24) is 14.8 Å². The minimum atomic E-state index is 0.747. The van der Waals surface area contributed by atoms with Crippen LogP contribution in [0.1, 0.15) is 12.5 Å². The van der Waals surface area contributed by atoms with E-state index in [-0.39, 0.29) is 0 Å². The van der Waals surface area contributed by atoms with E-state index < -0.39 is 0 Å². The van der Waals surface area contributed by atoms with Crippen molar-refractivity contribution in [3.05, 3.63) is 52.7 Å². The van der Waals surface area contributed by atoms with Crippen molar-refractivity contribution in [2.45, 2.75) is 24.4 Å². The third-order valence-electron chi connectivity index (χ3n) is 3.09. The molecule has 0 N–H and O–H groups in total. The Labute approximate surface area is 135 Å². The summed E-state index contributed by atoms with van der Waals surface area (Å²) in [7, 11) is 0. The Morgan fingerprint density at radius 1 is 1.19 bits per heavy atom. The van der Waals surface area contributed by atoms with Crippen molar-refractivity contribution >= 4 is 27.7 Å². The molecule has 2 aromatic heterocycles. The van der Waals surface area contributed by atoms with Gasteiger partial charge in [0.2, 0.25) is 0 Å². The number of benzene rings is 1. The Bertz CT molecular complexity index is 724. The van der Waals surface area contributed by atoms with Crippen molar-refractivity contribution < 1.29 is 4.42 Å². The maximum atomic E-state index is 5.42. The molecule has 0 aliphatic heterocycles. The Balaban J connectivity index is 1.82. The monoisotopic (exact) mass is 363 g/mol. The average Bonchev–Trinajstić information content (AvgIpc) is 3.15. The second-order valence-corrected chi connectivity index (χ2v) is 6.20. The smallest absolute Gasteiger partial charge is 0.200 e. The van der Waals surface area contributed by atoms with Gasteiger partial charge in [-0.2, -0.15) is 0 Å². The van der Waals surface area contributed by atoms with Crippen molar-refractivity contribution in [3.63, 3.8) is 0 Å². The highest BCUT2D eigenvalue weighted by atomic mass is 79.9. The number of thioether (sulfide) groups is 1. The minimum Gasteiger partial charge on any atom is -0.461 e. The number of nitrogens with zero attached hydrogens (tertiary/aromatic N) is 3. The summed E-state index contributed by atoms with van der Waals surface area (Å²) < 4.78 is 8.60. The average molecular weight is 364 g/mol. The maximum Gasteiger partial charge on any atom is 0.200 e. The Hall–Kier alpha value is -1.53. The van der Waals surface area contributed by atoms with Gasteiger partial charge in [-0.05, 0) is 30.7 Å². The van der Waals surface area contributed by atoms with Gasteiger partial charge in [-0.25, -0.2) is 0 Å². The van der Waals surface area contributed by atoms with E-state index in [2.05, 4.69) is 49.8 Å². The van der Waals surface area contributed by atoms with Gasteiger partial charge in [0.15, 0.2) is 16.7 Å². The molecule has 0 aliphatic rings. The van der Waals surface area contributed by atoms with Crippen molar-refractivity contribution in [2.75, 3.05) is 0 Å². The van der Waals surface area contributed by atoms with Crippen LogP contribution in [0.2, 0.25) is 0 Å². The first kappa shape index (κ1) is 14.4. The van der Waals surface area contributed by atoms with Gasteiger partial charge in [0.25, 0.3) is 0 Å². The number of rotatable bonds is 5. The number of furan rings is 1. The second-order valence-electron chi connectivity index (χ2n) is 4.41. The molecular formula is C15H14BrN3OS. The number of aromatic nitrogens is 3. The molecule has 1 aromatic carbocycles. The molecule has 108 valence electrons. The first-order chi connectivity index (χ1) is 10.3. The van der Waals surface area contributed by atoms with E-state index >= 15 is 0 Å². The topological polar surface area (TPSA) is 43.9 Å². The lowest BCUT2D eigenvalue weighted by atomic mass is 10.2. The van der Waals surface area contributed by atoms with E-state index in [1.54, 1.807) is 18.0 Å². The van der Waals surface area contributed by atoms with Crippen molar-refractivity contribution in [3.8, 4) is 11.6 Å². The van der Waals surface area contributed by atoms with Gasteiger partial charge in [-0.1, -0.05) is 45.9 Å². The Morgan fingerprint density at radius 2 is 2.05 bits per heavy atom. The van der Waals surface area contributed by atoms with Crippen LogP contribution in [0.25, 0.3) is 11.6 Å². The quantitative estimate of drug-likeness (QED) is 0.620. The summed E-state index contributed by atoms with van der Waals surface area (Å²) in [6, 6.07) is 12.0. The van der Waals surface area contributed by atoms with Crippen molar-refractivity contribution in [1.29, 1.82) is 0 Å². The highest BCUT2D eigenvalue weighted by Crippen LogP contribution is 2.28. The van der Waals surface area contributed by atoms with Gasteiger partial charge in [0, 0.05) is 16.8 Å². The molecule has 0 bridgehead atoms. The highest BCUT2D eigenvalue weighted by molar-refractivity contribution is 9.10. The molecule has 6 heteroatoms. The predicted molar refractivity (Wildman–Crippen MR) is 87.1 cm³/mol.